The molecule has 4 rings (SSSR count). The summed E-state index contributed by atoms with van der Waals surface area (Å²) in [6.45, 7) is 8.31. The number of likely N-dealkylation sites (tertiary alicyclic amines) is 2. The molecule has 2 aromatic rings. The molecule has 2 aliphatic heterocycles. The standard InChI is InChI=1S/C27H37BrN6O2/c1-17-12-18(2)31-27(36)24(17)16-30-26(35)22-13-19(28)14-25(23(22)15-29)32-20-4-10-34(11-5-20)21-6-8-33(3)9-7-21/h12-15,20-21,29,32H,4-11,16H2,1-3H3,(H,30,35)(H,31,36). The van der Waals surface area contributed by atoms with Crippen molar-refractivity contribution in [2.24, 2.45) is 0 Å². The van der Waals surface area contributed by atoms with E-state index in [4.69, 9.17) is 5.41 Å². The van der Waals surface area contributed by atoms with Crippen molar-refractivity contribution < 1.29 is 4.79 Å². The zero-order chi connectivity index (χ0) is 25.8. The summed E-state index contributed by atoms with van der Waals surface area (Å²) in [5, 5.41) is 14.5. The van der Waals surface area contributed by atoms with Gasteiger partial charge in [0.1, 0.15) is 0 Å². The fourth-order valence-electron chi connectivity index (χ4n) is 5.43. The van der Waals surface area contributed by atoms with E-state index < -0.39 is 0 Å². The highest BCUT2D eigenvalue weighted by molar-refractivity contribution is 9.10. The number of benzene rings is 1. The summed E-state index contributed by atoms with van der Waals surface area (Å²) in [5.74, 6) is -0.311. The number of carbonyl (C=O) groups excluding carboxylic acids is 1. The van der Waals surface area contributed by atoms with Gasteiger partial charge in [0, 0.05) is 64.9 Å². The molecule has 1 aromatic carbocycles. The summed E-state index contributed by atoms with van der Waals surface area (Å²) in [7, 11) is 2.20. The van der Waals surface area contributed by atoms with Crippen LogP contribution in [0.25, 0.3) is 0 Å². The van der Waals surface area contributed by atoms with Crippen molar-refractivity contribution in [3.05, 3.63) is 61.0 Å². The first-order valence-electron chi connectivity index (χ1n) is 12.8. The minimum atomic E-state index is -0.311. The number of nitrogens with one attached hydrogen (secondary N) is 4. The molecule has 8 nitrogen and oxygen atoms in total. The lowest BCUT2D eigenvalue weighted by atomic mass is 9.97. The second-order valence-electron chi connectivity index (χ2n) is 10.2. The van der Waals surface area contributed by atoms with Crippen LogP contribution < -0.4 is 16.2 Å². The highest BCUT2D eigenvalue weighted by Crippen LogP contribution is 2.28. The van der Waals surface area contributed by atoms with Gasteiger partial charge in [-0.2, -0.15) is 0 Å². The van der Waals surface area contributed by atoms with Crippen LogP contribution in [0.15, 0.2) is 27.5 Å². The molecule has 2 saturated heterocycles. The Balaban J connectivity index is 1.42. The summed E-state index contributed by atoms with van der Waals surface area (Å²) >= 11 is 3.54. The lowest BCUT2D eigenvalue weighted by Gasteiger charge is -2.41. The Kier molecular flexibility index (Phi) is 8.64. The first-order chi connectivity index (χ1) is 17.2. The number of hydrogen-bond acceptors (Lipinski definition) is 6. The van der Waals surface area contributed by atoms with Crippen molar-refractivity contribution in [3.63, 3.8) is 0 Å². The highest BCUT2D eigenvalue weighted by atomic mass is 79.9. The minimum Gasteiger partial charge on any atom is -0.382 e. The molecular formula is C27H37BrN6O2. The topological polar surface area (TPSA) is 104 Å². The van der Waals surface area contributed by atoms with Crippen molar-refractivity contribution in [1.82, 2.24) is 20.1 Å². The number of nitrogens with zero attached hydrogens (tertiary/aromatic N) is 2. The number of aromatic amines is 1. The van der Waals surface area contributed by atoms with Gasteiger partial charge in [-0.05, 0) is 83.4 Å². The molecule has 3 heterocycles. The Morgan fingerprint density at radius 3 is 2.47 bits per heavy atom. The smallest absolute Gasteiger partial charge is 0.253 e. The number of hydrogen-bond donors (Lipinski definition) is 4. The van der Waals surface area contributed by atoms with Gasteiger partial charge >= 0.3 is 0 Å². The van der Waals surface area contributed by atoms with Gasteiger partial charge in [-0.25, -0.2) is 0 Å². The molecule has 0 unspecified atom stereocenters. The number of H-pyrrole nitrogens is 1. The SMILES string of the molecule is Cc1cc(C)c(CNC(=O)c2cc(Br)cc(NC3CCN(C4CCN(C)CC4)CC3)c2C=N)c(=O)[nH]1. The van der Waals surface area contributed by atoms with Crippen LogP contribution in [0.1, 0.15) is 58.4 Å². The van der Waals surface area contributed by atoms with Crippen LogP contribution in [-0.2, 0) is 6.54 Å². The fraction of sp³-hybridized carbons (Fsp3) is 0.519. The lowest BCUT2D eigenvalue weighted by Crippen LogP contribution is -2.48. The van der Waals surface area contributed by atoms with Crippen LogP contribution in [0.5, 0.6) is 0 Å². The van der Waals surface area contributed by atoms with Crippen LogP contribution in [0.2, 0.25) is 0 Å². The molecule has 9 heteroatoms. The Hall–Kier alpha value is -2.49. The van der Waals surface area contributed by atoms with Crippen molar-refractivity contribution in [1.29, 1.82) is 5.41 Å². The Morgan fingerprint density at radius 2 is 1.83 bits per heavy atom. The van der Waals surface area contributed by atoms with Crippen LogP contribution in [0, 0.1) is 19.3 Å². The van der Waals surface area contributed by atoms with Gasteiger partial charge in [-0.3, -0.25) is 9.59 Å². The number of aromatic nitrogens is 1. The van der Waals surface area contributed by atoms with E-state index in [0.717, 1.165) is 47.3 Å². The van der Waals surface area contributed by atoms with E-state index in [1.165, 1.54) is 32.1 Å². The summed E-state index contributed by atoms with van der Waals surface area (Å²) < 4.78 is 0.772. The summed E-state index contributed by atoms with van der Waals surface area (Å²) in [6.07, 6.45) is 5.79. The zero-order valence-electron chi connectivity index (χ0n) is 21.4. The summed E-state index contributed by atoms with van der Waals surface area (Å²) in [6, 6.07) is 6.55. The number of amides is 1. The average molecular weight is 558 g/mol. The minimum absolute atomic E-state index is 0.127. The van der Waals surface area contributed by atoms with E-state index in [1.54, 1.807) is 6.07 Å². The van der Waals surface area contributed by atoms with Crippen molar-refractivity contribution in [3.8, 4) is 0 Å². The Bertz CT molecular complexity index is 1160. The van der Waals surface area contributed by atoms with E-state index in [1.807, 2.05) is 26.0 Å². The van der Waals surface area contributed by atoms with Crippen LogP contribution in [0.3, 0.4) is 0 Å². The van der Waals surface area contributed by atoms with Crippen LogP contribution >= 0.6 is 15.9 Å². The van der Waals surface area contributed by atoms with Gasteiger partial charge < -0.3 is 30.8 Å². The quantitative estimate of drug-likeness (QED) is 0.389. The molecule has 0 bridgehead atoms. The molecule has 1 amide bonds. The van der Waals surface area contributed by atoms with Gasteiger partial charge in [0.25, 0.3) is 11.5 Å². The third-order valence-electron chi connectivity index (χ3n) is 7.55. The van der Waals surface area contributed by atoms with Crippen molar-refractivity contribution in [2.45, 2.75) is 58.2 Å². The molecular weight excluding hydrogens is 520 g/mol. The molecule has 0 atom stereocenters. The number of carbonyl (C=O) groups is 1. The van der Waals surface area contributed by atoms with Gasteiger partial charge in [-0.1, -0.05) is 15.9 Å². The maximum atomic E-state index is 13.1. The summed E-state index contributed by atoms with van der Waals surface area (Å²) in [4.78, 5) is 33.3. The fourth-order valence-corrected chi connectivity index (χ4v) is 5.89. The molecule has 1 aromatic heterocycles. The van der Waals surface area contributed by atoms with E-state index >= 15 is 0 Å². The number of rotatable bonds is 7. The van der Waals surface area contributed by atoms with Crippen molar-refractivity contribution in [2.75, 3.05) is 38.5 Å². The van der Waals surface area contributed by atoms with E-state index in [9.17, 15) is 9.59 Å². The molecule has 2 fully saturated rings. The average Bonchev–Trinajstić information content (AvgIpc) is 2.84. The predicted octanol–water partition coefficient (Wildman–Crippen LogP) is 3.65. The molecule has 4 N–H and O–H groups in total. The Morgan fingerprint density at radius 1 is 1.14 bits per heavy atom. The first kappa shape index (κ1) is 26.6. The molecule has 0 aliphatic carbocycles. The monoisotopic (exact) mass is 556 g/mol. The van der Waals surface area contributed by atoms with E-state index in [-0.39, 0.29) is 18.0 Å². The first-order valence-corrected chi connectivity index (χ1v) is 13.5. The van der Waals surface area contributed by atoms with Gasteiger partial charge in [0.05, 0.1) is 5.56 Å². The number of pyridine rings is 1. The third kappa shape index (κ3) is 6.25. The second kappa shape index (κ2) is 11.7. The van der Waals surface area contributed by atoms with E-state index in [0.29, 0.717) is 28.8 Å². The molecule has 2 aliphatic rings. The Labute approximate surface area is 221 Å². The number of anilines is 1. The van der Waals surface area contributed by atoms with Gasteiger partial charge in [0.2, 0.25) is 0 Å². The molecule has 194 valence electrons. The van der Waals surface area contributed by atoms with E-state index in [2.05, 4.69) is 48.4 Å². The number of aryl methyl sites for hydroxylation is 2. The number of piperidine rings is 2. The van der Waals surface area contributed by atoms with Gasteiger partial charge in [0.15, 0.2) is 0 Å². The van der Waals surface area contributed by atoms with Crippen molar-refractivity contribution >= 4 is 33.7 Å². The predicted molar refractivity (Wildman–Crippen MR) is 148 cm³/mol. The maximum absolute atomic E-state index is 13.1. The molecule has 36 heavy (non-hydrogen) atoms. The zero-order valence-corrected chi connectivity index (χ0v) is 23.0. The molecule has 0 spiro atoms. The van der Waals surface area contributed by atoms with Gasteiger partial charge in [-0.15, -0.1) is 0 Å². The third-order valence-corrected chi connectivity index (χ3v) is 8.00. The summed E-state index contributed by atoms with van der Waals surface area (Å²) in [5.41, 5.74) is 3.73. The molecule has 0 radical (unpaired) electrons. The maximum Gasteiger partial charge on any atom is 0.253 e. The normalized spacial score (nSPS) is 18.2. The van der Waals surface area contributed by atoms with Crippen LogP contribution in [-0.4, -0.2) is 72.2 Å². The second-order valence-corrected chi connectivity index (χ2v) is 11.1. The highest BCUT2D eigenvalue weighted by Gasteiger charge is 2.28. The van der Waals surface area contributed by atoms with Crippen LogP contribution in [0.4, 0.5) is 5.69 Å². The lowest BCUT2D eigenvalue weighted by molar-refractivity contribution is 0.0950. The molecule has 0 saturated carbocycles. The largest absolute Gasteiger partial charge is 0.382 e. The number of halogens is 1.